The third-order valence-corrected chi connectivity index (χ3v) is 4.31. The molecule has 5 nitrogen and oxygen atoms in total. The molecule has 0 aliphatic carbocycles. The van der Waals surface area contributed by atoms with Gasteiger partial charge < -0.3 is 14.8 Å². The Labute approximate surface area is 174 Å². The number of anilines is 1. The Morgan fingerprint density at radius 3 is 2.41 bits per heavy atom. The van der Waals surface area contributed by atoms with Crippen molar-refractivity contribution in [2.24, 2.45) is 0 Å². The number of benzene rings is 3. The van der Waals surface area contributed by atoms with Gasteiger partial charge in [0.25, 0.3) is 5.91 Å². The molecule has 0 heterocycles. The number of amides is 1. The molecule has 0 aliphatic rings. The fourth-order valence-electron chi connectivity index (χ4n) is 2.74. The zero-order valence-corrected chi connectivity index (χ0v) is 16.6. The summed E-state index contributed by atoms with van der Waals surface area (Å²) in [6, 6.07) is 22.3. The quantitative estimate of drug-likeness (QED) is 0.539. The second kappa shape index (κ2) is 9.75. The van der Waals surface area contributed by atoms with Gasteiger partial charge in [0.2, 0.25) is 6.10 Å². The molecule has 1 N–H and O–H groups in total. The van der Waals surface area contributed by atoms with Gasteiger partial charge in [-0.05, 0) is 37.3 Å². The largest absolute Gasteiger partial charge is 0.492 e. The predicted molar refractivity (Wildman–Crippen MR) is 112 cm³/mol. The third kappa shape index (κ3) is 5.36. The number of carbonyl (C=O) groups excluding carboxylic acids is 2. The van der Waals surface area contributed by atoms with E-state index in [9.17, 15) is 9.59 Å². The Bertz CT molecular complexity index is 991. The summed E-state index contributed by atoms with van der Waals surface area (Å²) in [6.45, 7) is 2.32. The highest BCUT2D eigenvalue weighted by Crippen LogP contribution is 2.27. The lowest BCUT2D eigenvalue weighted by atomic mass is 10.1. The summed E-state index contributed by atoms with van der Waals surface area (Å²) in [4.78, 5) is 25.7. The first-order chi connectivity index (χ1) is 14.1. The van der Waals surface area contributed by atoms with Gasteiger partial charge in [0.05, 0.1) is 17.9 Å². The van der Waals surface area contributed by atoms with Crippen molar-refractivity contribution >= 4 is 29.2 Å². The Morgan fingerprint density at radius 1 is 0.966 bits per heavy atom. The SMILES string of the molecule is CCOc1ccccc1NC(=O)[C@@H](OC(=O)c1cccc(Cl)c1)c1ccccc1. The van der Waals surface area contributed by atoms with Gasteiger partial charge in [-0.3, -0.25) is 4.79 Å². The first-order valence-corrected chi connectivity index (χ1v) is 9.50. The summed E-state index contributed by atoms with van der Waals surface area (Å²) in [7, 11) is 0. The van der Waals surface area contributed by atoms with Crippen LogP contribution in [-0.4, -0.2) is 18.5 Å². The number of rotatable bonds is 7. The molecule has 29 heavy (non-hydrogen) atoms. The lowest BCUT2D eigenvalue weighted by Gasteiger charge is -2.19. The van der Waals surface area contributed by atoms with E-state index in [-0.39, 0.29) is 5.56 Å². The standard InChI is InChI=1S/C23H20ClNO4/c1-2-28-20-14-7-6-13-19(20)25-22(26)21(16-9-4-3-5-10-16)29-23(27)17-11-8-12-18(24)15-17/h3-15,21H,2H2,1H3,(H,25,26)/t21-/m0/s1. The third-order valence-electron chi connectivity index (χ3n) is 4.07. The van der Waals surface area contributed by atoms with Gasteiger partial charge in [-0.1, -0.05) is 60.1 Å². The van der Waals surface area contributed by atoms with Crippen LogP contribution in [0.2, 0.25) is 5.02 Å². The number of hydrogen-bond donors (Lipinski definition) is 1. The smallest absolute Gasteiger partial charge is 0.339 e. The van der Waals surface area contributed by atoms with Gasteiger partial charge in [-0.15, -0.1) is 0 Å². The van der Waals surface area contributed by atoms with Crippen LogP contribution in [0.3, 0.4) is 0 Å². The van der Waals surface area contributed by atoms with E-state index in [1.54, 1.807) is 60.7 Å². The molecular formula is C23H20ClNO4. The molecule has 3 aromatic rings. The molecule has 0 aromatic heterocycles. The number of esters is 1. The fraction of sp³-hybridized carbons (Fsp3) is 0.130. The Balaban J connectivity index is 1.86. The van der Waals surface area contributed by atoms with E-state index in [0.29, 0.717) is 28.6 Å². The molecule has 0 saturated heterocycles. The molecule has 6 heteroatoms. The van der Waals surface area contributed by atoms with Crippen LogP contribution in [0.15, 0.2) is 78.9 Å². The molecule has 0 fully saturated rings. The average molecular weight is 410 g/mol. The molecule has 1 atom stereocenters. The minimum atomic E-state index is -1.14. The normalized spacial score (nSPS) is 11.4. The van der Waals surface area contributed by atoms with Crippen LogP contribution in [0.5, 0.6) is 5.75 Å². The highest BCUT2D eigenvalue weighted by molar-refractivity contribution is 6.30. The summed E-state index contributed by atoms with van der Waals surface area (Å²) >= 11 is 5.96. The van der Waals surface area contributed by atoms with Crippen molar-refractivity contribution in [2.75, 3.05) is 11.9 Å². The molecule has 0 spiro atoms. The van der Waals surface area contributed by atoms with Gasteiger partial charge >= 0.3 is 5.97 Å². The van der Waals surface area contributed by atoms with Crippen molar-refractivity contribution in [3.05, 3.63) is 95.0 Å². The van der Waals surface area contributed by atoms with Gasteiger partial charge in [-0.25, -0.2) is 4.79 Å². The summed E-state index contributed by atoms with van der Waals surface area (Å²) in [5, 5.41) is 3.20. The molecule has 1 amide bonds. The monoisotopic (exact) mass is 409 g/mol. The molecule has 0 saturated carbocycles. The topological polar surface area (TPSA) is 64.6 Å². The van der Waals surface area contributed by atoms with E-state index in [0.717, 1.165) is 0 Å². The van der Waals surface area contributed by atoms with Crippen molar-refractivity contribution in [3.63, 3.8) is 0 Å². The van der Waals surface area contributed by atoms with Gasteiger partial charge in [0.1, 0.15) is 5.75 Å². The highest BCUT2D eigenvalue weighted by atomic mass is 35.5. The van der Waals surface area contributed by atoms with Crippen LogP contribution in [-0.2, 0) is 9.53 Å². The first kappa shape index (κ1) is 20.4. The maximum absolute atomic E-state index is 13.0. The highest BCUT2D eigenvalue weighted by Gasteiger charge is 2.26. The molecule has 0 bridgehead atoms. The van der Waals surface area contributed by atoms with Gasteiger partial charge in [0, 0.05) is 10.6 Å². The van der Waals surface area contributed by atoms with Gasteiger partial charge in [0.15, 0.2) is 0 Å². The number of halogens is 1. The van der Waals surface area contributed by atoms with Crippen LogP contribution in [0.1, 0.15) is 28.9 Å². The van der Waals surface area contributed by atoms with Crippen LogP contribution in [0.4, 0.5) is 5.69 Å². The molecule has 0 unspecified atom stereocenters. The minimum absolute atomic E-state index is 0.265. The zero-order chi connectivity index (χ0) is 20.6. The molecule has 3 rings (SSSR count). The van der Waals surface area contributed by atoms with Crippen molar-refractivity contribution < 1.29 is 19.1 Å². The molecule has 0 aliphatic heterocycles. The maximum Gasteiger partial charge on any atom is 0.339 e. The number of para-hydroxylation sites is 2. The average Bonchev–Trinajstić information content (AvgIpc) is 2.74. The van der Waals surface area contributed by atoms with Crippen molar-refractivity contribution in [1.29, 1.82) is 0 Å². The van der Waals surface area contributed by atoms with E-state index in [2.05, 4.69) is 5.32 Å². The molecule has 3 aromatic carbocycles. The van der Waals surface area contributed by atoms with Crippen LogP contribution >= 0.6 is 11.6 Å². The van der Waals surface area contributed by atoms with Crippen molar-refractivity contribution in [3.8, 4) is 5.75 Å². The van der Waals surface area contributed by atoms with E-state index in [4.69, 9.17) is 21.1 Å². The van der Waals surface area contributed by atoms with Crippen LogP contribution in [0, 0.1) is 0 Å². The summed E-state index contributed by atoms with van der Waals surface area (Å²) < 4.78 is 11.1. The number of hydrogen-bond acceptors (Lipinski definition) is 4. The van der Waals surface area contributed by atoms with Crippen LogP contribution < -0.4 is 10.1 Å². The lowest BCUT2D eigenvalue weighted by molar-refractivity contribution is -0.125. The van der Waals surface area contributed by atoms with Crippen molar-refractivity contribution in [1.82, 2.24) is 0 Å². The van der Waals surface area contributed by atoms with Crippen molar-refractivity contribution in [2.45, 2.75) is 13.0 Å². The summed E-state index contributed by atoms with van der Waals surface area (Å²) in [6.07, 6.45) is -1.14. The second-order valence-corrected chi connectivity index (χ2v) is 6.56. The Hall–Kier alpha value is -3.31. The zero-order valence-electron chi connectivity index (χ0n) is 15.8. The number of ether oxygens (including phenoxy) is 2. The number of carbonyl (C=O) groups is 2. The minimum Gasteiger partial charge on any atom is -0.492 e. The van der Waals surface area contributed by atoms with E-state index >= 15 is 0 Å². The van der Waals surface area contributed by atoms with E-state index < -0.39 is 18.0 Å². The number of nitrogens with one attached hydrogen (secondary N) is 1. The molecule has 0 radical (unpaired) electrons. The molecular weight excluding hydrogens is 390 g/mol. The van der Waals surface area contributed by atoms with E-state index in [1.807, 2.05) is 19.1 Å². The Morgan fingerprint density at radius 2 is 1.69 bits per heavy atom. The predicted octanol–water partition coefficient (Wildman–Crippen LogP) is 5.28. The maximum atomic E-state index is 13.0. The van der Waals surface area contributed by atoms with Crippen LogP contribution in [0.25, 0.3) is 0 Å². The fourth-order valence-corrected chi connectivity index (χ4v) is 2.93. The molecule has 148 valence electrons. The lowest BCUT2D eigenvalue weighted by Crippen LogP contribution is -2.26. The first-order valence-electron chi connectivity index (χ1n) is 9.12. The van der Waals surface area contributed by atoms with Gasteiger partial charge in [-0.2, -0.15) is 0 Å². The Kier molecular flexibility index (Phi) is 6.87. The second-order valence-electron chi connectivity index (χ2n) is 6.12. The summed E-state index contributed by atoms with van der Waals surface area (Å²) in [5.41, 5.74) is 1.31. The van der Waals surface area contributed by atoms with E-state index in [1.165, 1.54) is 6.07 Å². The summed E-state index contributed by atoms with van der Waals surface area (Å²) in [5.74, 6) is -0.593.